The molecule has 2 aliphatic rings. The number of hydrogen-bond acceptors (Lipinski definition) is 3. The number of aryl methyl sites for hydroxylation is 1. The van der Waals surface area contributed by atoms with E-state index in [-0.39, 0.29) is 10.8 Å². The first-order valence-corrected chi connectivity index (χ1v) is 8.82. The first-order chi connectivity index (χ1) is 11.3. The highest BCUT2D eigenvalue weighted by Crippen LogP contribution is 2.54. The van der Waals surface area contributed by atoms with E-state index in [0.717, 1.165) is 35.6 Å². The van der Waals surface area contributed by atoms with E-state index in [1.54, 1.807) is 0 Å². The van der Waals surface area contributed by atoms with Crippen molar-refractivity contribution >= 4 is 17.1 Å². The van der Waals surface area contributed by atoms with E-state index in [9.17, 15) is 0 Å². The van der Waals surface area contributed by atoms with E-state index in [4.69, 9.17) is 5.73 Å². The second-order valence-corrected chi connectivity index (χ2v) is 8.21. The Bertz CT molecular complexity index is 809. The highest BCUT2D eigenvalue weighted by Gasteiger charge is 2.53. The lowest BCUT2D eigenvalue weighted by Gasteiger charge is -2.47. The molecule has 126 valence electrons. The Kier molecular flexibility index (Phi) is 3.15. The van der Waals surface area contributed by atoms with E-state index in [1.807, 2.05) is 0 Å². The number of fused-ring (bicyclic) bond motifs is 2. The average molecular weight is 321 g/mol. The van der Waals surface area contributed by atoms with Crippen LogP contribution in [0.5, 0.6) is 0 Å². The Balaban J connectivity index is 1.71. The first kappa shape index (κ1) is 15.4. The maximum absolute atomic E-state index is 6.13. The van der Waals surface area contributed by atoms with Crippen LogP contribution in [0.15, 0.2) is 36.4 Å². The number of nitrogens with one attached hydrogen (secondary N) is 2. The fourth-order valence-corrected chi connectivity index (χ4v) is 4.59. The third kappa shape index (κ3) is 1.97. The third-order valence-electron chi connectivity index (χ3n) is 6.68. The summed E-state index contributed by atoms with van der Waals surface area (Å²) in [7, 11) is 0. The van der Waals surface area contributed by atoms with Crippen LogP contribution in [0.3, 0.4) is 0 Å². The van der Waals surface area contributed by atoms with Crippen LogP contribution in [0.4, 0.5) is 17.1 Å². The maximum atomic E-state index is 6.13. The molecule has 0 fully saturated rings. The molecule has 3 nitrogen and oxygen atoms in total. The summed E-state index contributed by atoms with van der Waals surface area (Å²) in [6.45, 7) is 10.2. The molecule has 4 rings (SSSR count). The van der Waals surface area contributed by atoms with Crippen LogP contribution in [-0.4, -0.2) is 12.6 Å². The number of nitrogens with two attached hydrogens (primary N) is 1. The lowest BCUT2D eigenvalue weighted by Crippen LogP contribution is -2.53. The lowest BCUT2D eigenvalue weighted by atomic mass is 9.62. The second kappa shape index (κ2) is 4.92. The number of rotatable bonds is 1. The average Bonchev–Trinajstić information content (AvgIpc) is 2.76. The zero-order valence-electron chi connectivity index (χ0n) is 15.0. The Morgan fingerprint density at radius 3 is 2.58 bits per heavy atom. The smallest absolute Gasteiger partial charge is 0.0599 e. The highest BCUT2D eigenvalue weighted by molar-refractivity contribution is 5.77. The van der Waals surface area contributed by atoms with Gasteiger partial charge in [-0.1, -0.05) is 45.0 Å². The maximum Gasteiger partial charge on any atom is 0.0599 e. The van der Waals surface area contributed by atoms with Crippen molar-refractivity contribution in [2.45, 2.75) is 45.6 Å². The molecule has 1 aliphatic carbocycles. The molecule has 2 atom stereocenters. The van der Waals surface area contributed by atoms with Gasteiger partial charge in [0.05, 0.1) is 11.4 Å². The van der Waals surface area contributed by atoms with Gasteiger partial charge in [-0.15, -0.1) is 0 Å². The minimum atomic E-state index is 0.122. The molecule has 0 spiro atoms. The van der Waals surface area contributed by atoms with Crippen LogP contribution in [0.2, 0.25) is 0 Å². The summed E-state index contributed by atoms with van der Waals surface area (Å²) in [6.07, 6.45) is 1.10. The minimum Gasteiger partial charge on any atom is -0.398 e. The molecular formula is C21H27N3. The molecule has 2 aromatic rings. The van der Waals surface area contributed by atoms with Gasteiger partial charge in [0.1, 0.15) is 0 Å². The molecule has 0 amide bonds. The van der Waals surface area contributed by atoms with Crippen molar-refractivity contribution in [3.8, 4) is 0 Å². The van der Waals surface area contributed by atoms with Crippen molar-refractivity contribution < 1.29 is 0 Å². The molecule has 0 saturated carbocycles. The van der Waals surface area contributed by atoms with Gasteiger partial charge in [0.15, 0.2) is 0 Å². The quantitative estimate of drug-likeness (QED) is 0.686. The van der Waals surface area contributed by atoms with Crippen LogP contribution in [0.25, 0.3) is 0 Å². The Labute approximate surface area is 144 Å². The van der Waals surface area contributed by atoms with Gasteiger partial charge in [-0.3, -0.25) is 0 Å². The summed E-state index contributed by atoms with van der Waals surface area (Å²) >= 11 is 0. The van der Waals surface area contributed by atoms with E-state index in [1.165, 1.54) is 11.1 Å². The predicted molar refractivity (Wildman–Crippen MR) is 103 cm³/mol. The monoisotopic (exact) mass is 321 g/mol. The predicted octanol–water partition coefficient (Wildman–Crippen LogP) is 4.32. The Hall–Kier alpha value is -2.16. The SMILES string of the molecule is Cc1cc2c(cc1N)N[C@@H]([C@@]1(C)Cc3ccccc3C1(C)C)CN2. The van der Waals surface area contributed by atoms with Gasteiger partial charge >= 0.3 is 0 Å². The van der Waals surface area contributed by atoms with Gasteiger partial charge in [0, 0.05) is 23.7 Å². The molecule has 24 heavy (non-hydrogen) atoms. The van der Waals surface area contributed by atoms with Crippen LogP contribution in [0, 0.1) is 12.3 Å². The third-order valence-corrected chi connectivity index (χ3v) is 6.68. The summed E-state index contributed by atoms with van der Waals surface area (Å²) in [4.78, 5) is 0. The summed E-state index contributed by atoms with van der Waals surface area (Å²) < 4.78 is 0. The standard InChI is InChI=1S/C21H27N3/c1-13-9-17-18(10-16(13)22)24-19(12-23-17)21(4)11-14-7-5-6-8-15(14)20(21,2)3/h5-10,19,23-24H,11-12,22H2,1-4H3/t19-,21-/m1/s1. The molecule has 2 aromatic carbocycles. The van der Waals surface area contributed by atoms with Crippen molar-refractivity contribution in [3.05, 3.63) is 53.1 Å². The molecule has 1 aliphatic heterocycles. The molecule has 0 aromatic heterocycles. The summed E-state index contributed by atoms with van der Waals surface area (Å²) in [5.41, 5.74) is 13.6. The minimum absolute atomic E-state index is 0.122. The molecule has 3 heteroatoms. The Morgan fingerprint density at radius 2 is 1.83 bits per heavy atom. The van der Waals surface area contributed by atoms with Crippen LogP contribution in [-0.2, 0) is 11.8 Å². The number of benzene rings is 2. The van der Waals surface area contributed by atoms with Crippen LogP contribution >= 0.6 is 0 Å². The molecule has 0 bridgehead atoms. The first-order valence-electron chi connectivity index (χ1n) is 8.82. The van der Waals surface area contributed by atoms with E-state index in [0.29, 0.717) is 6.04 Å². The van der Waals surface area contributed by atoms with E-state index in [2.05, 4.69) is 74.7 Å². The molecule has 1 heterocycles. The number of anilines is 3. The van der Waals surface area contributed by atoms with Gasteiger partial charge in [0.25, 0.3) is 0 Å². The molecule has 4 N–H and O–H groups in total. The van der Waals surface area contributed by atoms with Gasteiger partial charge < -0.3 is 16.4 Å². The van der Waals surface area contributed by atoms with Crippen molar-refractivity contribution in [3.63, 3.8) is 0 Å². The van der Waals surface area contributed by atoms with E-state index < -0.39 is 0 Å². The van der Waals surface area contributed by atoms with Gasteiger partial charge in [-0.25, -0.2) is 0 Å². The topological polar surface area (TPSA) is 50.1 Å². The summed E-state index contributed by atoms with van der Waals surface area (Å²) in [5.74, 6) is 0. The Morgan fingerprint density at radius 1 is 1.08 bits per heavy atom. The van der Waals surface area contributed by atoms with Gasteiger partial charge in [-0.05, 0) is 47.6 Å². The van der Waals surface area contributed by atoms with Crippen LogP contribution < -0.4 is 16.4 Å². The largest absolute Gasteiger partial charge is 0.398 e. The molecular weight excluding hydrogens is 294 g/mol. The summed E-state index contributed by atoms with van der Waals surface area (Å²) in [5, 5.41) is 7.42. The van der Waals surface area contributed by atoms with Crippen molar-refractivity contribution in [1.82, 2.24) is 0 Å². The molecule has 0 radical (unpaired) electrons. The van der Waals surface area contributed by atoms with Gasteiger partial charge in [-0.2, -0.15) is 0 Å². The number of hydrogen-bond donors (Lipinski definition) is 3. The fraction of sp³-hybridized carbons (Fsp3) is 0.429. The zero-order chi connectivity index (χ0) is 17.1. The van der Waals surface area contributed by atoms with Crippen molar-refractivity contribution in [1.29, 1.82) is 0 Å². The molecule has 0 unspecified atom stereocenters. The molecule has 0 saturated heterocycles. The van der Waals surface area contributed by atoms with E-state index >= 15 is 0 Å². The summed E-state index contributed by atoms with van der Waals surface area (Å²) in [6, 6.07) is 13.5. The fourth-order valence-electron chi connectivity index (χ4n) is 4.59. The van der Waals surface area contributed by atoms with Gasteiger partial charge in [0.2, 0.25) is 0 Å². The second-order valence-electron chi connectivity index (χ2n) is 8.21. The van der Waals surface area contributed by atoms with Crippen molar-refractivity contribution in [2.24, 2.45) is 5.41 Å². The van der Waals surface area contributed by atoms with Crippen LogP contribution in [0.1, 0.15) is 37.5 Å². The van der Waals surface area contributed by atoms with Crippen molar-refractivity contribution in [2.75, 3.05) is 22.9 Å². The lowest BCUT2D eigenvalue weighted by molar-refractivity contribution is 0.165. The number of nitrogen functional groups attached to an aromatic ring is 1. The zero-order valence-corrected chi connectivity index (χ0v) is 15.0. The highest BCUT2D eigenvalue weighted by atomic mass is 15.1. The normalized spacial score (nSPS) is 26.9.